The number of carbonyl (C=O) groups is 2. The molecule has 0 N–H and O–H groups in total. The largest absolute Gasteiger partial charge is 0.351 e. The molecule has 1 atom stereocenters. The van der Waals surface area contributed by atoms with Gasteiger partial charge in [-0.15, -0.1) is 5.10 Å². The van der Waals surface area contributed by atoms with Gasteiger partial charge >= 0.3 is 0 Å². The van der Waals surface area contributed by atoms with Crippen LogP contribution in [0.4, 0.5) is 5.82 Å². The van der Waals surface area contributed by atoms with Crippen molar-refractivity contribution in [2.45, 2.75) is 26.3 Å². The highest BCUT2D eigenvalue weighted by atomic mass is 35.5. The van der Waals surface area contributed by atoms with Crippen LogP contribution in [0.5, 0.6) is 0 Å². The van der Waals surface area contributed by atoms with E-state index < -0.39 is 6.04 Å². The molecule has 32 heavy (non-hydrogen) atoms. The Balaban J connectivity index is 1.75. The lowest BCUT2D eigenvalue weighted by molar-refractivity contribution is -0.116. The Morgan fingerprint density at radius 3 is 2.59 bits per heavy atom. The van der Waals surface area contributed by atoms with Crippen molar-refractivity contribution in [3.63, 3.8) is 0 Å². The molecule has 1 amide bonds. The topological polar surface area (TPSA) is 85.9 Å². The molecule has 4 aromatic rings. The summed E-state index contributed by atoms with van der Waals surface area (Å²) < 4.78 is 3.53. The average Bonchev–Trinajstić information content (AvgIpc) is 3.36. The number of nitrogens with zero attached hydrogens (tertiary/aromatic N) is 6. The predicted molar refractivity (Wildman–Crippen MR) is 121 cm³/mol. The summed E-state index contributed by atoms with van der Waals surface area (Å²) in [5.74, 6) is 0.331. The number of hydrogen-bond acceptors (Lipinski definition) is 5. The first kappa shape index (κ1) is 20.4. The van der Waals surface area contributed by atoms with Crippen molar-refractivity contribution in [2.75, 3.05) is 4.90 Å². The molecule has 4 heterocycles. The molecule has 0 bridgehead atoms. The molecule has 1 unspecified atom stereocenters. The second-order valence-corrected chi connectivity index (χ2v) is 8.65. The fourth-order valence-corrected chi connectivity index (χ4v) is 4.62. The summed E-state index contributed by atoms with van der Waals surface area (Å²) in [6.07, 6.45) is 2.07. The van der Waals surface area contributed by atoms with E-state index in [1.54, 1.807) is 16.6 Å². The summed E-state index contributed by atoms with van der Waals surface area (Å²) in [6.45, 7) is 3.45. The number of halogens is 1. The van der Waals surface area contributed by atoms with E-state index in [1.807, 2.05) is 55.1 Å². The standard InChI is InChI=1S/C23H21ClN6O2/c1-12-9-17(25-22-19(12)26-27-29(22)4)30-20(14-5-7-16(24)8-6-14)21-18(23(30)32)15(10-13(2)31)11-28(21)3/h5-9,11,20H,10H2,1-4H3. The number of fused-ring (bicyclic) bond motifs is 2. The lowest BCUT2D eigenvalue weighted by atomic mass is 10.0. The molecule has 8 nitrogen and oxygen atoms in total. The molecule has 1 aliphatic heterocycles. The summed E-state index contributed by atoms with van der Waals surface area (Å²) in [7, 11) is 3.67. The van der Waals surface area contributed by atoms with E-state index in [0.29, 0.717) is 27.6 Å². The van der Waals surface area contributed by atoms with E-state index in [-0.39, 0.29) is 18.1 Å². The molecular weight excluding hydrogens is 428 g/mol. The third kappa shape index (κ3) is 3.02. The van der Waals surface area contributed by atoms with Gasteiger partial charge in [-0.2, -0.15) is 0 Å². The summed E-state index contributed by atoms with van der Waals surface area (Å²) in [5, 5.41) is 8.85. The molecule has 1 aliphatic rings. The molecule has 162 valence electrons. The van der Waals surface area contributed by atoms with Crippen molar-refractivity contribution in [3.05, 3.63) is 69.5 Å². The summed E-state index contributed by atoms with van der Waals surface area (Å²) in [5.41, 5.74) is 5.19. The van der Waals surface area contributed by atoms with Gasteiger partial charge in [-0.05, 0) is 48.7 Å². The second-order valence-electron chi connectivity index (χ2n) is 8.22. The number of benzene rings is 1. The van der Waals surface area contributed by atoms with Crippen LogP contribution in [0.1, 0.15) is 45.7 Å². The Kier molecular flexibility index (Phi) is 4.63. The van der Waals surface area contributed by atoms with E-state index in [2.05, 4.69) is 10.3 Å². The molecule has 9 heteroatoms. The van der Waals surface area contributed by atoms with E-state index >= 15 is 0 Å². The zero-order valence-corrected chi connectivity index (χ0v) is 18.9. The smallest absolute Gasteiger partial charge is 0.262 e. The number of aromatic nitrogens is 5. The number of anilines is 1. The number of amides is 1. The molecule has 0 radical (unpaired) electrons. The van der Waals surface area contributed by atoms with Crippen LogP contribution in [0.3, 0.4) is 0 Å². The summed E-state index contributed by atoms with van der Waals surface area (Å²) >= 11 is 6.13. The van der Waals surface area contributed by atoms with Crippen molar-refractivity contribution < 1.29 is 9.59 Å². The highest BCUT2D eigenvalue weighted by Gasteiger charge is 2.43. The van der Waals surface area contributed by atoms with Crippen LogP contribution in [-0.4, -0.2) is 36.2 Å². The van der Waals surface area contributed by atoms with Gasteiger partial charge in [0.25, 0.3) is 5.91 Å². The average molecular weight is 449 g/mol. The highest BCUT2D eigenvalue weighted by Crippen LogP contribution is 2.43. The molecule has 0 spiro atoms. The number of hydrogen-bond donors (Lipinski definition) is 0. The van der Waals surface area contributed by atoms with Gasteiger partial charge in [0.15, 0.2) is 5.65 Å². The molecular formula is C23H21ClN6O2. The van der Waals surface area contributed by atoms with Gasteiger partial charge in [0.2, 0.25) is 0 Å². The maximum atomic E-state index is 13.8. The number of pyridine rings is 1. The second kappa shape index (κ2) is 7.27. The Labute approximate surface area is 189 Å². The third-order valence-electron chi connectivity index (χ3n) is 5.87. The SMILES string of the molecule is CC(=O)Cc1cn(C)c2c1C(=O)N(c1cc(C)c3nnn(C)c3n1)C2c1ccc(Cl)cc1. The first-order valence-corrected chi connectivity index (χ1v) is 10.6. The minimum atomic E-state index is -0.411. The van der Waals surface area contributed by atoms with Crippen LogP contribution in [0.25, 0.3) is 11.2 Å². The molecule has 0 saturated carbocycles. The van der Waals surface area contributed by atoms with Crippen LogP contribution in [0.2, 0.25) is 5.02 Å². The van der Waals surface area contributed by atoms with Crippen molar-refractivity contribution >= 4 is 40.3 Å². The zero-order valence-electron chi connectivity index (χ0n) is 18.1. The van der Waals surface area contributed by atoms with Gasteiger partial charge < -0.3 is 4.57 Å². The quantitative estimate of drug-likeness (QED) is 0.476. The Bertz CT molecular complexity index is 1400. The number of carbonyl (C=O) groups excluding carboxylic acids is 2. The maximum absolute atomic E-state index is 13.8. The van der Waals surface area contributed by atoms with Gasteiger partial charge in [-0.25, -0.2) is 9.67 Å². The zero-order chi connectivity index (χ0) is 22.7. The van der Waals surface area contributed by atoms with E-state index in [0.717, 1.165) is 22.4 Å². The number of rotatable bonds is 4. The minimum Gasteiger partial charge on any atom is -0.351 e. The lowest BCUT2D eigenvalue weighted by Crippen LogP contribution is -2.30. The van der Waals surface area contributed by atoms with Crippen LogP contribution >= 0.6 is 11.6 Å². The first-order valence-electron chi connectivity index (χ1n) is 10.2. The Morgan fingerprint density at radius 1 is 1.19 bits per heavy atom. The van der Waals surface area contributed by atoms with E-state index in [1.165, 1.54) is 6.92 Å². The van der Waals surface area contributed by atoms with Gasteiger partial charge in [-0.1, -0.05) is 28.9 Å². The molecule has 0 saturated heterocycles. The number of aryl methyl sites for hydroxylation is 3. The number of Topliss-reactive ketones (excluding diaryl/α,β-unsaturated/α-hetero) is 1. The monoisotopic (exact) mass is 448 g/mol. The predicted octanol–water partition coefficient (Wildman–Crippen LogP) is 3.54. The van der Waals surface area contributed by atoms with Gasteiger partial charge in [0, 0.05) is 31.7 Å². The van der Waals surface area contributed by atoms with E-state index in [4.69, 9.17) is 16.6 Å². The highest BCUT2D eigenvalue weighted by molar-refractivity contribution is 6.30. The van der Waals surface area contributed by atoms with Gasteiger partial charge in [-0.3, -0.25) is 14.5 Å². The fourth-order valence-electron chi connectivity index (χ4n) is 4.49. The number of ketones is 1. The normalized spacial score (nSPS) is 15.6. The third-order valence-corrected chi connectivity index (χ3v) is 6.12. The first-order chi connectivity index (χ1) is 15.3. The molecule has 1 aromatic carbocycles. The van der Waals surface area contributed by atoms with Crippen molar-refractivity contribution in [1.29, 1.82) is 0 Å². The van der Waals surface area contributed by atoms with Crippen LogP contribution in [-0.2, 0) is 25.3 Å². The summed E-state index contributed by atoms with van der Waals surface area (Å²) in [4.78, 5) is 32.2. The van der Waals surface area contributed by atoms with Gasteiger partial charge in [0.05, 0.1) is 11.3 Å². The van der Waals surface area contributed by atoms with Crippen LogP contribution in [0, 0.1) is 6.92 Å². The minimum absolute atomic E-state index is 0.00374. The fraction of sp³-hybridized carbons (Fsp3) is 0.261. The maximum Gasteiger partial charge on any atom is 0.262 e. The van der Waals surface area contributed by atoms with Crippen LogP contribution < -0.4 is 4.90 Å². The van der Waals surface area contributed by atoms with Crippen molar-refractivity contribution in [3.8, 4) is 0 Å². The van der Waals surface area contributed by atoms with Crippen molar-refractivity contribution in [1.82, 2.24) is 24.5 Å². The van der Waals surface area contributed by atoms with Gasteiger partial charge in [0.1, 0.15) is 23.2 Å². The van der Waals surface area contributed by atoms with E-state index in [9.17, 15) is 9.59 Å². The molecule has 3 aromatic heterocycles. The van der Waals surface area contributed by atoms with Crippen molar-refractivity contribution in [2.24, 2.45) is 14.1 Å². The molecule has 5 rings (SSSR count). The Hall–Kier alpha value is -3.52. The lowest BCUT2D eigenvalue weighted by Gasteiger charge is -2.26. The molecule has 0 aliphatic carbocycles. The summed E-state index contributed by atoms with van der Waals surface area (Å²) in [6, 6.07) is 8.89. The Morgan fingerprint density at radius 2 is 1.91 bits per heavy atom. The molecule has 0 fully saturated rings. The van der Waals surface area contributed by atoms with Crippen LogP contribution in [0.15, 0.2) is 36.5 Å².